The second kappa shape index (κ2) is 11.4. The Morgan fingerprint density at radius 3 is 2.38 bits per heavy atom. The van der Waals surface area contributed by atoms with Crippen LogP contribution < -0.4 is 14.8 Å². The predicted molar refractivity (Wildman–Crippen MR) is 144 cm³/mol. The smallest absolute Gasteiger partial charge is 0.435 e. The number of halogens is 3. The average Bonchev–Trinajstić information content (AvgIpc) is 3.39. The van der Waals surface area contributed by atoms with E-state index in [0.29, 0.717) is 11.3 Å². The summed E-state index contributed by atoms with van der Waals surface area (Å²) in [6.45, 7) is 7.21. The highest BCUT2D eigenvalue weighted by atomic mass is 32.2. The number of aromatic nitrogens is 5. The van der Waals surface area contributed by atoms with Crippen LogP contribution >= 0.6 is 0 Å². The minimum atomic E-state index is -4.67. The van der Waals surface area contributed by atoms with Crippen LogP contribution in [-0.4, -0.2) is 47.2 Å². The van der Waals surface area contributed by atoms with Crippen molar-refractivity contribution in [2.24, 2.45) is 0 Å². The van der Waals surface area contributed by atoms with E-state index in [1.54, 1.807) is 13.8 Å². The van der Waals surface area contributed by atoms with Crippen LogP contribution in [0.4, 0.5) is 24.8 Å². The summed E-state index contributed by atoms with van der Waals surface area (Å²) >= 11 is 0. The number of pyridine rings is 1. The Morgan fingerprint density at radius 2 is 1.77 bits per heavy atom. The number of aryl methyl sites for hydroxylation is 2. The Morgan fingerprint density at radius 1 is 1.07 bits per heavy atom. The van der Waals surface area contributed by atoms with E-state index in [-0.39, 0.29) is 34.0 Å². The molecule has 14 heteroatoms. The summed E-state index contributed by atoms with van der Waals surface area (Å²) in [7, 11) is -0.344. The molecule has 0 spiro atoms. The van der Waals surface area contributed by atoms with Gasteiger partial charge in [0.1, 0.15) is 16.5 Å². The fourth-order valence-corrected chi connectivity index (χ4v) is 4.30. The van der Waals surface area contributed by atoms with Gasteiger partial charge in [0, 0.05) is 40.7 Å². The summed E-state index contributed by atoms with van der Waals surface area (Å²) in [6, 6.07) is 7.98. The normalized spacial score (nSPS) is 12.3. The number of carbonyl (C=O) groups is 1. The summed E-state index contributed by atoms with van der Waals surface area (Å²) < 4.78 is 60.9. The highest BCUT2D eigenvalue weighted by Gasteiger charge is 2.34. The second-order valence-corrected chi connectivity index (χ2v) is 10.9. The van der Waals surface area contributed by atoms with Gasteiger partial charge in [0.15, 0.2) is 11.5 Å². The summed E-state index contributed by atoms with van der Waals surface area (Å²) in [5.74, 6) is -0.621. The molecule has 0 saturated carbocycles. The summed E-state index contributed by atoms with van der Waals surface area (Å²) in [4.78, 5) is 25.9. The lowest BCUT2D eigenvalue weighted by Crippen LogP contribution is -2.30. The molecule has 0 bridgehead atoms. The number of methoxy groups -OCH3 is 1. The van der Waals surface area contributed by atoms with Gasteiger partial charge < -0.3 is 10.1 Å². The number of alkyl halides is 3. The first kappa shape index (κ1) is 28.7. The van der Waals surface area contributed by atoms with Crippen molar-refractivity contribution in [1.29, 1.82) is 0 Å². The zero-order valence-corrected chi connectivity index (χ0v) is 23.0. The van der Waals surface area contributed by atoms with E-state index in [0.717, 1.165) is 28.1 Å². The quantitative estimate of drug-likeness (QED) is 0.305. The fraction of sp³-hybridized carbons (Fsp3) is 0.269. The number of ether oxygens (including phenoxy) is 1. The van der Waals surface area contributed by atoms with Crippen LogP contribution in [0, 0.1) is 13.8 Å². The second-order valence-electron chi connectivity index (χ2n) is 9.13. The van der Waals surface area contributed by atoms with E-state index in [4.69, 9.17) is 4.74 Å². The van der Waals surface area contributed by atoms with Gasteiger partial charge in [-0.2, -0.15) is 23.3 Å². The average molecular weight is 574 g/mol. The van der Waals surface area contributed by atoms with Crippen LogP contribution in [0.3, 0.4) is 0 Å². The molecule has 2 N–H and O–H groups in total. The molecule has 0 aliphatic carbocycles. The number of carbonyl (C=O) groups excluding carboxylic acids is 1. The van der Waals surface area contributed by atoms with E-state index in [1.165, 1.54) is 25.6 Å². The molecule has 1 unspecified atom stereocenters. The Balaban J connectivity index is 1.83. The number of rotatable bonds is 8. The molecule has 1 atom stereocenters. The Labute approximate surface area is 230 Å². The molecule has 4 rings (SSSR count). The van der Waals surface area contributed by atoms with Crippen LogP contribution in [0.5, 0.6) is 5.88 Å². The monoisotopic (exact) mass is 573 g/mol. The molecule has 0 aliphatic heterocycles. The Hall–Kier alpha value is -4.33. The number of benzene rings is 1. The topological polar surface area (TPSA) is 124 Å². The Kier molecular flexibility index (Phi) is 8.18. The highest BCUT2D eigenvalue weighted by molar-refractivity contribution is 7.84. The van der Waals surface area contributed by atoms with Crippen molar-refractivity contribution in [3.05, 3.63) is 71.3 Å². The first-order chi connectivity index (χ1) is 18.8. The van der Waals surface area contributed by atoms with Crippen molar-refractivity contribution in [3.8, 4) is 22.8 Å². The number of nitrogens with one attached hydrogen (secondary N) is 2. The fourth-order valence-electron chi connectivity index (χ4n) is 3.77. The molecule has 0 radical (unpaired) electrons. The molecule has 3 aromatic heterocycles. The number of amides is 1. The molecular weight excluding hydrogens is 547 g/mol. The van der Waals surface area contributed by atoms with Crippen LogP contribution in [0.25, 0.3) is 16.9 Å². The van der Waals surface area contributed by atoms with Gasteiger partial charge in [-0.15, -0.1) is 0 Å². The molecule has 0 fully saturated rings. The van der Waals surface area contributed by atoms with E-state index in [2.05, 4.69) is 30.1 Å². The maximum absolute atomic E-state index is 13.4. The zero-order valence-electron chi connectivity index (χ0n) is 22.2. The molecular formula is C26H26F3N7O3S. The lowest BCUT2D eigenvalue weighted by molar-refractivity contribution is -0.141. The lowest BCUT2D eigenvalue weighted by Gasteiger charge is -2.14. The van der Waals surface area contributed by atoms with Gasteiger partial charge in [0.25, 0.3) is 5.91 Å². The van der Waals surface area contributed by atoms with Crippen molar-refractivity contribution in [2.45, 2.75) is 39.1 Å². The van der Waals surface area contributed by atoms with Gasteiger partial charge in [-0.25, -0.2) is 18.9 Å². The third-order valence-electron chi connectivity index (χ3n) is 5.56. The molecule has 4 aromatic rings. The van der Waals surface area contributed by atoms with E-state index in [1.807, 2.05) is 32.0 Å². The van der Waals surface area contributed by atoms with Gasteiger partial charge >= 0.3 is 6.18 Å². The number of hydrogen-bond acceptors (Lipinski definition) is 8. The summed E-state index contributed by atoms with van der Waals surface area (Å²) in [5, 5.41) is 6.40. The third kappa shape index (κ3) is 6.45. The molecule has 0 aliphatic rings. The first-order valence-electron chi connectivity index (χ1n) is 12.0. The molecule has 0 saturated heterocycles. The maximum atomic E-state index is 13.4. The zero-order chi connectivity index (χ0) is 29.2. The largest absolute Gasteiger partial charge is 0.480 e. The van der Waals surface area contributed by atoms with Gasteiger partial charge in [0.2, 0.25) is 11.8 Å². The van der Waals surface area contributed by atoms with E-state index in [9.17, 15) is 22.2 Å². The van der Waals surface area contributed by atoms with Crippen LogP contribution in [0.1, 0.15) is 41.0 Å². The van der Waals surface area contributed by atoms with Crippen LogP contribution in [-0.2, 0) is 17.2 Å². The minimum Gasteiger partial charge on any atom is -0.480 e. The summed E-state index contributed by atoms with van der Waals surface area (Å²) in [5.41, 5.74) is 2.06. The van der Waals surface area contributed by atoms with Crippen molar-refractivity contribution in [2.75, 3.05) is 12.4 Å². The number of nitrogens with zero attached hydrogens (tertiary/aromatic N) is 5. The SMILES string of the molecule is COc1ncc(-c2cnc(Nc3cc(C)cc(C)c3)nc2-n2ccc(C(F)(F)F)n2)cc1C(=O)NS(=O)C(C)C. The third-order valence-corrected chi connectivity index (χ3v) is 6.81. The predicted octanol–water partition coefficient (Wildman–Crippen LogP) is 4.91. The Bertz CT molecular complexity index is 1570. The van der Waals surface area contributed by atoms with Crippen molar-refractivity contribution in [3.63, 3.8) is 0 Å². The van der Waals surface area contributed by atoms with Gasteiger partial charge in [-0.05, 0) is 63.1 Å². The summed E-state index contributed by atoms with van der Waals surface area (Å²) in [6.07, 6.45) is -0.786. The minimum absolute atomic E-state index is 0.00135. The molecule has 3 heterocycles. The van der Waals surface area contributed by atoms with Crippen LogP contribution in [0.15, 0.2) is 48.9 Å². The van der Waals surface area contributed by atoms with Crippen molar-refractivity contribution in [1.82, 2.24) is 29.5 Å². The van der Waals surface area contributed by atoms with Gasteiger partial charge in [-0.3, -0.25) is 9.52 Å². The van der Waals surface area contributed by atoms with Crippen molar-refractivity contribution >= 4 is 28.5 Å². The molecule has 40 heavy (non-hydrogen) atoms. The molecule has 1 aromatic carbocycles. The molecule has 210 valence electrons. The highest BCUT2D eigenvalue weighted by Crippen LogP contribution is 2.32. The van der Waals surface area contributed by atoms with Gasteiger partial charge in [-0.1, -0.05) is 6.07 Å². The number of hydrogen-bond donors (Lipinski definition) is 2. The molecule has 10 nitrogen and oxygen atoms in total. The molecule has 1 amide bonds. The maximum Gasteiger partial charge on any atom is 0.435 e. The lowest BCUT2D eigenvalue weighted by atomic mass is 10.1. The number of anilines is 2. The first-order valence-corrected chi connectivity index (χ1v) is 13.2. The van der Waals surface area contributed by atoms with Crippen molar-refractivity contribution < 1.29 is 26.9 Å². The van der Waals surface area contributed by atoms with Gasteiger partial charge in [0.05, 0.1) is 7.11 Å². The van der Waals surface area contributed by atoms with E-state index >= 15 is 0 Å². The standard InChI is InChI=1S/C26H26F3N7O3S/c1-14(2)40(38)35-23(37)19-11-17(12-30-24(19)39-5)20-13-31-25(32-18-9-15(3)8-16(4)10-18)33-22(20)36-7-6-21(34-36)26(27,28)29/h6-14H,1-5H3,(H,35,37)(H,31,32,33). The van der Waals surface area contributed by atoms with Crippen LogP contribution in [0.2, 0.25) is 0 Å². The van der Waals surface area contributed by atoms with E-state index < -0.39 is 28.8 Å².